The molecular weight excluding hydrogens is 266 g/mol. The van der Waals surface area contributed by atoms with Crippen LogP contribution in [0.1, 0.15) is 16.2 Å². The molecule has 0 aliphatic heterocycles. The van der Waals surface area contributed by atoms with Crippen LogP contribution in [-0.4, -0.2) is 26.5 Å². The molecule has 0 unspecified atom stereocenters. The summed E-state index contributed by atoms with van der Waals surface area (Å²) < 4.78 is 0. The third kappa shape index (κ3) is 3.11. The summed E-state index contributed by atoms with van der Waals surface area (Å²) in [7, 11) is 0. The smallest absolute Gasteiger partial charge is 0.251 e. The van der Waals surface area contributed by atoms with E-state index >= 15 is 0 Å². The maximum absolute atomic E-state index is 12.1. The van der Waals surface area contributed by atoms with Crippen molar-refractivity contribution in [2.45, 2.75) is 6.54 Å². The number of amides is 1. The van der Waals surface area contributed by atoms with Crippen molar-refractivity contribution >= 4 is 5.91 Å². The topological polar surface area (TPSA) is 83.6 Å². The van der Waals surface area contributed by atoms with E-state index in [1.54, 1.807) is 6.07 Å². The van der Waals surface area contributed by atoms with E-state index in [4.69, 9.17) is 0 Å². The highest BCUT2D eigenvalue weighted by Gasteiger charge is 2.08. The number of hydrogen-bond donors (Lipinski definition) is 2. The summed E-state index contributed by atoms with van der Waals surface area (Å²) in [6, 6.07) is 17.4. The van der Waals surface area contributed by atoms with Crippen molar-refractivity contribution in [1.82, 2.24) is 25.9 Å². The molecule has 0 saturated carbocycles. The lowest BCUT2D eigenvalue weighted by molar-refractivity contribution is 0.0950. The number of tetrazole rings is 1. The van der Waals surface area contributed by atoms with Crippen LogP contribution < -0.4 is 5.32 Å². The monoisotopic (exact) mass is 279 g/mol. The summed E-state index contributed by atoms with van der Waals surface area (Å²) in [4.78, 5) is 12.1. The number of H-pyrrole nitrogens is 1. The number of nitrogens with zero attached hydrogens (tertiary/aromatic N) is 3. The van der Waals surface area contributed by atoms with Crippen LogP contribution in [0.15, 0.2) is 54.6 Å². The quantitative estimate of drug-likeness (QED) is 0.762. The number of hydrogen-bond acceptors (Lipinski definition) is 4. The third-order valence-corrected chi connectivity index (χ3v) is 3.03. The maximum Gasteiger partial charge on any atom is 0.251 e. The van der Waals surface area contributed by atoms with Crippen LogP contribution in [0.5, 0.6) is 0 Å². The highest BCUT2D eigenvalue weighted by Crippen LogP contribution is 2.19. The molecular formula is C15H13N5O. The van der Waals surface area contributed by atoms with Crippen LogP contribution >= 0.6 is 0 Å². The molecule has 3 rings (SSSR count). The molecule has 1 aromatic heterocycles. The highest BCUT2D eigenvalue weighted by molar-refractivity contribution is 5.95. The van der Waals surface area contributed by atoms with Crippen molar-refractivity contribution < 1.29 is 4.79 Å². The summed E-state index contributed by atoms with van der Waals surface area (Å²) in [5.41, 5.74) is 2.67. The van der Waals surface area contributed by atoms with E-state index in [1.807, 2.05) is 48.5 Å². The summed E-state index contributed by atoms with van der Waals surface area (Å²) in [6.07, 6.45) is 0. The molecule has 0 saturated heterocycles. The first kappa shape index (κ1) is 13.0. The normalized spacial score (nSPS) is 10.3. The van der Waals surface area contributed by atoms with Gasteiger partial charge in [0.2, 0.25) is 0 Å². The Kier molecular flexibility index (Phi) is 3.68. The lowest BCUT2D eigenvalue weighted by atomic mass is 10.0. The fourth-order valence-electron chi connectivity index (χ4n) is 1.99. The van der Waals surface area contributed by atoms with Crippen LogP contribution in [0.4, 0.5) is 0 Å². The van der Waals surface area contributed by atoms with Crippen molar-refractivity contribution in [3.8, 4) is 11.1 Å². The molecule has 21 heavy (non-hydrogen) atoms. The Morgan fingerprint density at radius 2 is 1.86 bits per heavy atom. The average Bonchev–Trinajstić information content (AvgIpc) is 3.07. The summed E-state index contributed by atoms with van der Waals surface area (Å²) in [5.74, 6) is 0.278. The molecule has 0 bridgehead atoms. The van der Waals surface area contributed by atoms with Crippen molar-refractivity contribution in [2.24, 2.45) is 0 Å². The standard InChI is InChI=1S/C15H13N5O/c21-15(16-10-14-17-19-20-18-14)13-8-4-7-12(9-13)11-5-2-1-3-6-11/h1-9H,10H2,(H,16,21)(H,17,18,19,20). The number of aromatic amines is 1. The zero-order valence-electron chi connectivity index (χ0n) is 11.2. The van der Waals surface area contributed by atoms with Gasteiger partial charge in [-0.25, -0.2) is 0 Å². The van der Waals surface area contributed by atoms with Crippen LogP contribution in [0.25, 0.3) is 11.1 Å². The van der Waals surface area contributed by atoms with E-state index in [-0.39, 0.29) is 12.5 Å². The van der Waals surface area contributed by atoms with Gasteiger partial charge in [0.15, 0.2) is 5.82 Å². The van der Waals surface area contributed by atoms with E-state index in [0.717, 1.165) is 11.1 Å². The number of nitrogens with one attached hydrogen (secondary N) is 2. The first-order valence-corrected chi connectivity index (χ1v) is 6.49. The third-order valence-electron chi connectivity index (χ3n) is 3.03. The molecule has 1 heterocycles. The molecule has 1 amide bonds. The average molecular weight is 279 g/mol. The Morgan fingerprint density at radius 3 is 2.62 bits per heavy atom. The minimum atomic E-state index is -0.169. The molecule has 0 atom stereocenters. The second-order valence-corrected chi connectivity index (χ2v) is 4.46. The van der Waals surface area contributed by atoms with E-state index in [9.17, 15) is 4.79 Å². The van der Waals surface area contributed by atoms with Crippen LogP contribution in [0, 0.1) is 0 Å². The van der Waals surface area contributed by atoms with Crippen LogP contribution in [0.3, 0.4) is 0 Å². The van der Waals surface area contributed by atoms with Crippen molar-refractivity contribution in [1.29, 1.82) is 0 Å². The van der Waals surface area contributed by atoms with Gasteiger partial charge in [0.05, 0.1) is 6.54 Å². The molecule has 2 aromatic carbocycles. The molecule has 0 spiro atoms. The van der Waals surface area contributed by atoms with Gasteiger partial charge >= 0.3 is 0 Å². The largest absolute Gasteiger partial charge is 0.345 e. The lowest BCUT2D eigenvalue weighted by Gasteiger charge is -2.06. The van der Waals surface area contributed by atoms with E-state index < -0.39 is 0 Å². The fourth-order valence-corrected chi connectivity index (χ4v) is 1.99. The number of rotatable bonds is 4. The molecule has 2 N–H and O–H groups in total. The maximum atomic E-state index is 12.1. The predicted molar refractivity (Wildman–Crippen MR) is 77.2 cm³/mol. The van der Waals surface area contributed by atoms with E-state index in [0.29, 0.717) is 11.4 Å². The molecule has 6 nitrogen and oxygen atoms in total. The SMILES string of the molecule is O=C(NCc1nn[nH]n1)c1cccc(-c2ccccc2)c1. The zero-order valence-corrected chi connectivity index (χ0v) is 11.2. The number of benzene rings is 2. The molecule has 104 valence electrons. The van der Waals surface area contributed by atoms with Gasteiger partial charge in [-0.15, -0.1) is 10.2 Å². The first-order chi connectivity index (χ1) is 10.3. The summed E-state index contributed by atoms with van der Waals surface area (Å²) in [6.45, 7) is 0.241. The van der Waals surface area contributed by atoms with Crippen molar-refractivity contribution in [2.75, 3.05) is 0 Å². The van der Waals surface area contributed by atoms with Gasteiger partial charge in [-0.3, -0.25) is 4.79 Å². The second-order valence-electron chi connectivity index (χ2n) is 4.46. The van der Waals surface area contributed by atoms with Gasteiger partial charge in [-0.1, -0.05) is 47.7 Å². The molecule has 0 aliphatic carbocycles. The minimum absolute atomic E-state index is 0.169. The van der Waals surface area contributed by atoms with Gasteiger partial charge in [0.25, 0.3) is 5.91 Å². The molecule has 0 aliphatic rings. The van der Waals surface area contributed by atoms with Crippen LogP contribution in [-0.2, 0) is 6.54 Å². The van der Waals surface area contributed by atoms with Crippen molar-refractivity contribution in [3.05, 3.63) is 66.0 Å². The Balaban J connectivity index is 1.75. The fraction of sp³-hybridized carbons (Fsp3) is 0.0667. The Bertz CT molecular complexity index is 725. The number of carbonyl (C=O) groups is 1. The minimum Gasteiger partial charge on any atom is -0.345 e. The Morgan fingerprint density at radius 1 is 1.05 bits per heavy atom. The van der Waals surface area contributed by atoms with Gasteiger partial charge in [0, 0.05) is 5.56 Å². The lowest BCUT2D eigenvalue weighted by Crippen LogP contribution is -2.23. The van der Waals surface area contributed by atoms with Crippen molar-refractivity contribution in [3.63, 3.8) is 0 Å². The summed E-state index contributed by atoms with van der Waals surface area (Å²) >= 11 is 0. The molecule has 6 heteroatoms. The zero-order chi connectivity index (χ0) is 14.5. The van der Waals surface area contributed by atoms with Gasteiger partial charge in [-0.05, 0) is 23.3 Å². The van der Waals surface area contributed by atoms with Gasteiger partial charge in [0.1, 0.15) is 0 Å². The molecule has 0 radical (unpaired) electrons. The van der Waals surface area contributed by atoms with Gasteiger partial charge < -0.3 is 5.32 Å². The highest BCUT2D eigenvalue weighted by atomic mass is 16.1. The Hall–Kier alpha value is -3.02. The van der Waals surface area contributed by atoms with E-state index in [1.165, 1.54) is 0 Å². The predicted octanol–water partition coefficient (Wildman–Crippen LogP) is 1.80. The molecule has 3 aromatic rings. The number of aromatic nitrogens is 4. The van der Waals surface area contributed by atoms with Crippen LogP contribution in [0.2, 0.25) is 0 Å². The second kappa shape index (κ2) is 5.96. The summed E-state index contributed by atoms with van der Waals surface area (Å²) in [5, 5.41) is 16.1. The van der Waals surface area contributed by atoms with Gasteiger partial charge in [-0.2, -0.15) is 5.21 Å². The first-order valence-electron chi connectivity index (χ1n) is 6.49. The Labute approximate surface area is 121 Å². The molecule has 0 fully saturated rings. The van der Waals surface area contributed by atoms with E-state index in [2.05, 4.69) is 25.9 Å². The number of carbonyl (C=O) groups excluding carboxylic acids is 1.